The maximum absolute atomic E-state index is 12.4. The molecule has 24 heavy (non-hydrogen) atoms. The van der Waals surface area contributed by atoms with E-state index in [1.807, 2.05) is 50.5 Å². The molecule has 0 atom stereocenters. The predicted molar refractivity (Wildman–Crippen MR) is 101 cm³/mol. The van der Waals surface area contributed by atoms with Gasteiger partial charge < -0.3 is 10.2 Å². The summed E-state index contributed by atoms with van der Waals surface area (Å²) in [7, 11) is 4.04. The molecule has 1 heterocycles. The fraction of sp³-hybridized carbons (Fsp3) is 0.158. The molecule has 2 aromatic carbocycles. The first kappa shape index (κ1) is 16.2. The fourth-order valence-corrected chi connectivity index (χ4v) is 3.14. The van der Waals surface area contributed by atoms with Gasteiger partial charge in [-0.3, -0.25) is 4.79 Å². The van der Waals surface area contributed by atoms with Gasteiger partial charge in [-0.1, -0.05) is 41.7 Å². The standard InChI is InChI=1S/C19H19N3OS/c1-13-11-15(22(2)3)9-10-16(13)21-19-20-12-17(24-19)18(23)14-7-5-4-6-8-14/h4-12H,1-3H3,(H,20,21). The molecule has 0 radical (unpaired) electrons. The van der Waals surface area contributed by atoms with Crippen LogP contribution in [0.4, 0.5) is 16.5 Å². The second-order valence-electron chi connectivity index (χ2n) is 5.74. The quantitative estimate of drug-likeness (QED) is 0.697. The SMILES string of the molecule is Cc1cc(N(C)C)ccc1Nc1ncc(C(=O)c2ccccc2)s1. The van der Waals surface area contributed by atoms with E-state index >= 15 is 0 Å². The lowest BCUT2D eigenvalue weighted by molar-refractivity contribution is 0.104. The Morgan fingerprint density at radius 3 is 2.54 bits per heavy atom. The van der Waals surface area contributed by atoms with Crippen molar-refractivity contribution in [2.24, 2.45) is 0 Å². The highest BCUT2D eigenvalue weighted by atomic mass is 32.1. The molecule has 0 saturated carbocycles. The molecular formula is C19H19N3OS. The van der Waals surface area contributed by atoms with Crippen LogP contribution in [0.5, 0.6) is 0 Å². The molecule has 4 nitrogen and oxygen atoms in total. The van der Waals surface area contributed by atoms with Crippen LogP contribution in [0.3, 0.4) is 0 Å². The first-order valence-corrected chi connectivity index (χ1v) is 8.47. The maximum atomic E-state index is 12.4. The zero-order valence-electron chi connectivity index (χ0n) is 13.9. The van der Waals surface area contributed by atoms with E-state index in [1.54, 1.807) is 6.20 Å². The molecule has 3 rings (SSSR count). The van der Waals surface area contributed by atoms with Gasteiger partial charge in [-0.05, 0) is 30.7 Å². The normalized spacial score (nSPS) is 10.5. The zero-order chi connectivity index (χ0) is 17.1. The van der Waals surface area contributed by atoms with Gasteiger partial charge in [0, 0.05) is 31.0 Å². The third-order valence-corrected chi connectivity index (χ3v) is 4.64. The highest BCUT2D eigenvalue weighted by molar-refractivity contribution is 7.17. The number of aryl methyl sites for hydroxylation is 1. The van der Waals surface area contributed by atoms with E-state index in [1.165, 1.54) is 11.3 Å². The minimum absolute atomic E-state index is 0.000766. The van der Waals surface area contributed by atoms with Crippen molar-refractivity contribution in [2.45, 2.75) is 6.92 Å². The molecular weight excluding hydrogens is 318 g/mol. The van der Waals surface area contributed by atoms with E-state index in [2.05, 4.69) is 34.3 Å². The second-order valence-corrected chi connectivity index (χ2v) is 6.77. The van der Waals surface area contributed by atoms with Gasteiger partial charge in [-0.15, -0.1) is 0 Å². The third kappa shape index (κ3) is 3.46. The highest BCUT2D eigenvalue weighted by Gasteiger charge is 2.13. The summed E-state index contributed by atoms with van der Waals surface area (Å²) in [5.74, 6) is 0.000766. The Hall–Kier alpha value is -2.66. The van der Waals surface area contributed by atoms with Gasteiger partial charge in [-0.2, -0.15) is 0 Å². The summed E-state index contributed by atoms with van der Waals surface area (Å²) < 4.78 is 0. The minimum Gasteiger partial charge on any atom is -0.378 e. The number of nitrogens with one attached hydrogen (secondary N) is 1. The number of thiazole rings is 1. The van der Waals surface area contributed by atoms with E-state index in [0.29, 0.717) is 10.4 Å². The van der Waals surface area contributed by atoms with Crippen LogP contribution < -0.4 is 10.2 Å². The number of carbonyl (C=O) groups is 1. The first-order valence-electron chi connectivity index (χ1n) is 7.65. The summed E-state index contributed by atoms with van der Waals surface area (Å²) in [5, 5.41) is 4.02. The molecule has 1 N–H and O–H groups in total. The van der Waals surface area contributed by atoms with Gasteiger partial charge in [0.25, 0.3) is 0 Å². The molecule has 0 aliphatic carbocycles. The van der Waals surface area contributed by atoms with Crippen LogP contribution in [0.2, 0.25) is 0 Å². The number of carbonyl (C=O) groups excluding carboxylic acids is 1. The Morgan fingerprint density at radius 2 is 1.88 bits per heavy atom. The Balaban J connectivity index is 1.78. The van der Waals surface area contributed by atoms with E-state index in [4.69, 9.17) is 0 Å². The average Bonchev–Trinajstić information content (AvgIpc) is 3.05. The van der Waals surface area contributed by atoms with Crippen molar-refractivity contribution in [1.29, 1.82) is 0 Å². The fourth-order valence-electron chi connectivity index (χ4n) is 2.35. The first-order chi connectivity index (χ1) is 11.5. The smallest absolute Gasteiger partial charge is 0.204 e. The van der Waals surface area contributed by atoms with Crippen molar-refractivity contribution in [1.82, 2.24) is 4.98 Å². The van der Waals surface area contributed by atoms with Crippen molar-refractivity contribution in [3.63, 3.8) is 0 Å². The molecule has 0 spiro atoms. The maximum Gasteiger partial charge on any atom is 0.204 e. The zero-order valence-corrected chi connectivity index (χ0v) is 14.7. The van der Waals surface area contributed by atoms with Crippen molar-refractivity contribution in [3.8, 4) is 0 Å². The van der Waals surface area contributed by atoms with Crippen molar-refractivity contribution < 1.29 is 4.79 Å². The third-order valence-electron chi connectivity index (χ3n) is 3.73. The Kier molecular flexibility index (Phi) is 4.62. The van der Waals surface area contributed by atoms with Crippen molar-refractivity contribution >= 4 is 33.6 Å². The van der Waals surface area contributed by atoms with E-state index in [-0.39, 0.29) is 5.78 Å². The van der Waals surface area contributed by atoms with Gasteiger partial charge in [0.15, 0.2) is 5.13 Å². The predicted octanol–water partition coefficient (Wildman–Crippen LogP) is 4.49. The van der Waals surface area contributed by atoms with Crippen LogP contribution in [0.25, 0.3) is 0 Å². The van der Waals surface area contributed by atoms with E-state index in [9.17, 15) is 4.79 Å². The summed E-state index contributed by atoms with van der Waals surface area (Å²) in [6, 6.07) is 15.5. The summed E-state index contributed by atoms with van der Waals surface area (Å²) >= 11 is 1.37. The van der Waals surface area contributed by atoms with Gasteiger partial charge in [0.1, 0.15) is 0 Å². The lowest BCUT2D eigenvalue weighted by Gasteiger charge is -2.15. The number of hydrogen-bond donors (Lipinski definition) is 1. The number of hydrogen-bond acceptors (Lipinski definition) is 5. The molecule has 122 valence electrons. The van der Waals surface area contributed by atoms with Crippen molar-refractivity contribution in [2.75, 3.05) is 24.3 Å². The summed E-state index contributed by atoms with van der Waals surface area (Å²) in [6.07, 6.45) is 1.63. The second kappa shape index (κ2) is 6.84. The monoisotopic (exact) mass is 337 g/mol. The highest BCUT2D eigenvalue weighted by Crippen LogP contribution is 2.28. The average molecular weight is 337 g/mol. The molecule has 0 fully saturated rings. The molecule has 0 amide bonds. The van der Waals surface area contributed by atoms with Crippen LogP contribution in [-0.2, 0) is 0 Å². The summed E-state index contributed by atoms with van der Waals surface area (Å²) in [5.41, 5.74) is 3.96. The number of ketones is 1. The molecule has 1 aromatic heterocycles. The lowest BCUT2D eigenvalue weighted by Crippen LogP contribution is -2.08. The lowest BCUT2D eigenvalue weighted by atomic mass is 10.1. The molecule has 0 aliphatic rings. The van der Waals surface area contributed by atoms with Gasteiger partial charge >= 0.3 is 0 Å². The molecule has 0 unspecified atom stereocenters. The van der Waals surface area contributed by atoms with Gasteiger partial charge in [0.2, 0.25) is 5.78 Å². The van der Waals surface area contributed by atoms with Crippen molar-refractivity contribution in [3.05, 3.63) is 70.7 Å². The minimum atomic E-state index is 0.000766. The van der Waals surface area contributed by atoms with Gasteiger partial charge in [0.05, 0.1) is 11.1 Å². The summed E-state index contributed by atoms with van der Waals surface area (Å²) in [6.45, 7) is 2.05. The molecule has 3 aromatic rings. The number of nitrogens with zero attached hydrogens (tertiary/aromatic N) is 2. The Bertz CT molecular complexity index is 856. The number of benzene rings is 2. The molecule has 0 aliphatic heterocycles. The van der Waals surface area contributed by atoms with Gasteiger partial charge in [-0.25, -0.2) is 4.98 Å². The Labute approximate surface area is 145 Å². The number of aromatic nitrogens is 1. The number of rotatable bonds is 5. The van der Waals surface area contributed by atoms with E-state index < -0.39 is 0 Å². The van der Waals surface area contributed by atoms with Crippen LogP contribution in [0, 0.1) is 6.92 Å². The van der Waals surface area contributed by atoms with Crippen LogP contribution in [-0.4, -0.2) is 24.9 Å². The number of anilines is 3. The largest absolute Gasteiger partial charge is 0.378 e. The Morgan fingerprint density at radius 1 is 1.12 bits per heavy atom. The molecule has 5 heteroatoms. The molecule has 0 bridgehead atoms. The topological polar surface area (TPSA) is 45.2 Å². The van der Waals surface area contributed by atoms with Crippen LogP contribution >= 0.6 is 11.3 Å². The van der Waals surface area contributed by atoms with Crippen LogP contribution in [0.1, 0.15) is 20.8 Å². The summed E-state index contributed by atoms with van der Waals surface area (Å²) in [4.78, 5) is 19.5. The van der Waals surface area contributed by atoms with Crippen LogP contribution in [0.15, 0.2) is 54.7 Å². The van der Waals surface area contributed by atoms with E-state index in [0.717, 1.165) is 22.1 Å². The molecule has 0 saturated heterocycles.